The van der Waals surface area contributed by atoms with E-state index in [1.807, 2.05) is 26.2 Å². The molecule has 1 N–H and O–H groups in total. The molecule has 1 aromatic carbocycles. The van der Waals surface area contributed by atoms with Crippen LogP contribution in [0.3, 0.4) is 0 Å². The molecule has 0 saturated heterocycles. The van der Waals surface area contributed by atoms with E-state index < -0.39 is 0 Å². The van der Waals surface area contributed by atoms with Gasteiger partial charge in [-0.3, -0.25) is 0 Å². The maximum atomic E-state index is 4.43. The standard InChI is InChI=1S/C16H21N3S/c1-11-5-6-14(9-12(11)2)15(17-4)10-20-16-18-8-7-13(3)19-16/h5-9,15,17H,10H2,1-4H3. The molecule has 0 spiro atoms. The van der Waals surface area contributed by atoms with Crippen molar-refractivity contribution in [2.24, 2.45) is 0 Å². The molecule has 2 rings (SSSR count). The fourth-order valence-corrected chi connectivity index (χ4v) is 3.00. The summed E-state index contributed by atoms with van der Waals surface area (Å²) in [5, 5.41) is 4.22. The summed E-state index contributed by atoms with van der Waals surface area (Å²) in [5.74, 6) is 0.919. The largest absolute Gasteiger partial charge is 0.312 e. The van der Waals surface area contributed by atoms with Gasteiger partial charge in [-0.25, -0.2) is 9.97 Å². The number of hydrogen-bond donors (Lipinski definition) is 1. The van der Waals surface area contributed by atoms with Crippen molar-refractivity contribution in [3.8, 4) is 0 Å². The monoisotopic (exact) mass is 287 g/mol. The van der Waals surface area contributed by atoms with Gasteiger partial charge in [-0.1, -0.05) is 30.0 Å². The van der Waals surface area contributed by atoms with Gasteiger partial charge in [0.05, 0.1) is 0 Å². The van der Waals surface area contributed by atoms with Gasteiger partial charge in [0.2, 0.25) is 0 Å². The fourth-order valence-electron chi connectivity index (χ4n) is 1.98. The Morgan fingerprint density at radius 3 is 2.60 bits per heavy atom. The summed E-state index contributed by atoms with van der Waals surface area (Å²) in [6, 6.07) is 8.87. The van der Waals surface area contributed by atoms with E-state index in [9.17, 15) is 0 Å². The molecule has 0 fully saturated rings. The lowest BCUT2D eigenvalue weighted by atomic mass is 10.0. The third-order valence-electron chi connectivity index (χ3n) is 3.43. The van der Waals surface area contributed by atoms with Gasteiger partial charge in [-0.05, 0) is 50.6 Å². The van der Waals surface area contributed by atoms with Crippen LogP contribution >= 0.6 is 11.8 Å². The topological polar surface area (TPSA) is 37.8 Å². The Hall–Kier alpha value is -1.39. The van der Waals surface area contributed by atoms with Crippen molar-refractivity contribution in [2.75, 3.05) is 12.8 Å². The van der Waals surface area contributed by atoms with Gasteiger partial charge in [0.15, 0.2) is 5.16 Å². The number of benzene rings is 1. The molecule has 1 unspecified atom stereocenters. The third kappa shape index (κ3) is 3.81. The van der Waals surface area contributed by atoms with Gasteiger partial charge in [-0.15, -0.1) is 0 Å². The molecule has 0 bridgehead atoms. The van der Waals surface area contributed by atoms with E-state index in [4.69, 9.17) is 0 Å². The number of hydrogen-bond acceptors (Lipinski definition) is 4. The third-order valence-corrected chi connectivity index (χ3v) is 4.39. The van der Waals surface area contributed by atoms with Crippen LogP contribution in [0.15, 0.2) is 35.6 Å². The Labute approximate surface area is 125 Å². The van der Waals surface area contributed by atoms with Crippen LogP contribution < -0.4 is 5.32 Å². The lowest BCUT2D eigenvalue weighted by Gasteiger charge is -2.17. The first-order valence-corrected chi connectivity index (χ1v) is 7.75. The van der Waals surface area contributed by atoms with Crippen molar-refractivity contribution in [1.82, 2.24) is 15.3 Å². The number of thioether (sulfide) groups is 1. The Balaban J connectivity index is 2.07. The second kappa shape index (κ2) is 6.86. The Morgan fingerprint density at radius 2 is 1.95 bits per heavy atom. The highest BCUT2D eigenvalue weighted by atomic mass is 32.2. The van der Waals surface area contributed by atoms with E-state index in [0.29, 0.717) is 6.04 Å². The minimum Gasteiger partial charge on any atom is -0.312 e. The SMILES string of the molecule is CNC(CSc1nccc(C)n1)c1ccc(C)c(C)c1. The molecule has 1 heterocycles. The quantitative estimate of drug-likeness (QED) is 0.675. The Kier molecular flexibility index (Phi) is 5.15. The molecule has 0 aliphatic carbocycles. The molecule has 0 saturated carbocycles. The second-order valence-corrected chi connectivity index (χ2v) is 5.96. The number of nitrogens with one attached hydrogen (secondary N) is 1. The molecule has 0 amide bonds. The first-order valence-electron chi connectivity index (χ1n) is 6.77. The van der Waals surface area contributed by atoms with E-state index in [2.05, 4.69) is 47.3 Å². The molecule has 0 aliphatic rings. The highest BCUT2D eigenvalue weighted by molar-refractivity contribution is 7.99. The summed E-state index contributed by atoms with van der Waals surface area (Å²) in [6.07, 6.45) is 1.81. The predicted octanol–water partition coefficient (Wildman–Crippen LogP) is 3.45. The molecule has 4 heteroatoms. The predicted molar refractivity (Wildman–Crippen MR) is 85.2 cm³/mol. The van der Waals surface area contributed by atoms with Crippen LogP contribution in [0.4, 0.5) is 0 Å². The highest BCUT2D eigenvalue weighted by Gasteiger charge is 2.11. The maximum absolute atomic E-state index is 4.43. The van der Waals surface area contributed by atoms with Gasteiger partial charge in [-0.2, -0.15) is 0 Å². The van der Waals surface area contributed by atoms with Gasteiger partial charge in [0.25, 0.3) is 0 Å². The molecule has 0 radical (unpaired) electrons. The van der Waals surface area contributed by atoms with Crippen molar-refractivity contribution < 1.29 is 0 Å². The van der Waals surface area contributed by atoms with Crippen LogP contribution in [-0.2, 0) is 0 Å². The number of aryl methyl sites for hydroxylation is 3. The molecular formula is C16H21N3S. The Bertz CT molecular complexity index is 584. The molecule has 106 valence electrons. The summed E-state index contributed by atoms with van der Waals surface area (Å²) in [4.78, 5) is 8.72. The molecule has 3 nitrogen and oxygen atoms in total. The average molecular weight is 287 g/mol. The minimum atomic E-state index is 0.309. The number of rotatable bonds is 5. The van der Waals surface area contributed by atoms with Crippen LogP contribution in [0.25, 0.3) is 0 Å². The van der Waals surface area contributed by atoms with Gasteiger partial charge >= 0.3 is 0 Å². The van der Waals surface area contributed by atoms with Gasteiger partial charge in [0, 0.05) is 23.7 Å². The van der Waals surface area contributed by atoms with Crippen molar-refractivity contribution >= 4 is 11.8 Å². The zero-order chi connectivity index (χ0) is 14.5. The lowest BCUT2D eigenvalue weighted by molar-refractivity contribution is 0.660. The summed E-state index contributed by atoms with van der Waals surface area (Å²) < 4.78 is 0. The van der Waals surface area contributed by atoms with Crippen LogP contribution in [0, 0.1) is 20.8 Å². The van der Waals surface area contributed by atoms with Crippen LogP contribution in [0.5, 0.6) is 0 Å². The molecule has 1 atom stereocenters. The first kappa shape index (κ1) is 15.0. The highest BCUT2D eigenvalue weighted by Crippen LogP contribution is 2.23. The van der Waals surface area contributed by atoms with Crippen LogP contribution in [0.2, 0.25) is 0 Å². The summed E-state index contributed by atoms with van der Waals surface area (Å²) >= 11 is 1.69. The van der Waals surface area contributed by atoms with Crippen LogP contribution in [0.1, 0.15) is 28.4 Å². The van der Waals surface area contributed by atoms with Gasteiger partial charge < -0.3 is 5.32 Å². The second-order valence-electron chi connectivity index (χ2n) is 4.98. The molecule has 2 aromatic rings. The zero-order valence-corrected chi connectivity index (χ0v) is 13.3. The number of aromatic nitrogens is 2. The van der Waals surface area contributed by atoms with Crippen molar-refractivity contribution in [3.05, 3.63) is 52.8 Å². The molecule has 1 aromatic heterocycles. The normalized spacial score (nSPS) is 12.4. The van der Waals surface area contributed by atoms with E-state index in [1.54, 1.807) is 11.8 Å². The van der Waals surface area contributed by atoms with Crippen LogP contribution in [-0.4, -0.2) is 22.8 Å². The minimum absolute atomic E-state index is 0.309. The van der Waals surface area contributed by atoms with E-state index in [1.165, 1.54) is 16.7 Å². The van der Waals surface area contributed by atoms with Crippen molar-refractivity contribution in [1.29, 1.82) is 0 Å². The lowest BCUT2D eigenvalue weighted by Crippen LogP contribution is -2.19. The summed E-state index contributed by atoms with van der Waals surface area (Å²) in [6.45, 7) is 6.29. The summed E-state index contributed by atoms with van der Waals surface area (Å²) in [7, 11) is 2.00. The van der Waals surface area contributed by atoms with Crippen molar-refractivity contribution in [2.45, 2.75) is 32.0 Å². The first-order chi connectivity index (χ1) is 9.60. The molecule has 0 aliphatic heterocycles. The van der Waals surface area contributed by atoms with E-state index >= 15 is 0 Å². The number of nitrogens with zero attached hydrogens (tertiary/aromatic N) is 2. The summed E-state index contributed by atoms with van der Waals surface area (Å²) in [5.41, 5.74) is 4.99. The maximum Gasteiger partial charge on any atom is 0.187 e. The average Bonchev–Trinajstić information content (AvgIpc) is 2.43. The smallest absolute Gasteiger partial charge is 0.187 e. The fraction of sp³-hybridized carbons (Fsp3) is 0.375. The van der Waals surface area contributed by atoms with E-state index in [-0.39, 0.29) is 0 Å². The molecular weight excluding hydrogens is 266 g/mol. The zero-order valence-electron chi connectivity index (χ0n) is 12.5. The Morgan fingerprint density at radius 1 is 1.15 bits per heavy atom. The molecule has 20 heavy (non-hydrogen) atoms. The van der Waals surface area contributed by atoms with Crippen molar-refractivity contribution in [3.63, 3.8) is 0 Å². The van der Waals surface area contributed by atoms with E-state index in [0.717, 1.165) is 16.6 Å². The van der Waals surface area contributed by atoms with Gasteiger partial charge in [0.1, 0.15) is 0 Å².